The number of nitrogens with two attached hydrogens (primary N) is 1. The fourth-order valence-corrected chi connectivity index (χ4v) is 1.54. The van der Waals surface area contributed by atoms with Gasteiger partial charge in [0.25, 0.3) is 0 Å². The van der Waals surface area contributed by atoms with E-state index in [1.54, 1.807) is 12.4 Å². The van der Waals surface area contributed by atoms with Gasteiger partial charge in [0.05, 0.1) is 17.4 Å². The molecule has 0 radical (unpaired) electrons. The maximum absolute atomic E-state index is 6.14. The summed E-state index contributed by atoms with van der Waals surface area (Å²) >= 11 is 0. The van der Waals surface area contributed by atoms with Crippen molar-refractivity contribution in [2.45, 2.75) is 19.9 Å². The van der Waals surface area contributed by atoms with Crippen LogP contribution in [0.15, 0.2) is 24.8 Å². The normalized spacial score (nSPS) is 12.4. The summed E-state index contributed by atoms with van der Waals surface area (Å²) in [6.45, 7) is 3.79. The van der Waals surface area contributed by atoms with Crippen molar-refractivity contribution in [2.75, 3.05) is 0 Å². The van der Waals surface area contributed by atoms with Gasteiger partial charge < -0.3 is 5.73 Å². The number of aryl methyl sites for hydroxylation is 2. The number of hydrogen-bond donors (Lipinski definition) is 1. The van der Waals surface area contributed by atoms with Crippen LogP contribution in [0.4, 0.5) is 0 Å². The monoisotopic (exact) mass is 215 g/mol. The first-order valence-corrected chi connectivity index (χ1v) is 5.00. The van der Waals surface area contributed by atoms with Crippen molar-refractivity contribution in [2.24, 2.45) is 5.73 Å². The van der Waals surface area contributed by atoms with Crippen LogP contribution in [0.2, 0.25) is 0 Å². The molecule has 1 unspecified atom stereocenters. The Hall–Kier alpha value is -1.88. The topological polar surface area (TPSA) is 77.6 Å². The lowest BCUT2D eigenvalue weighted by atomic mass is 10.0. The molecule has 0 saturated carbocycles. The highest BCUT2D eigenvalue weighted by atomic mass is 15.1. The summed E-state index contributed by atoms with van der Waals surface area (Å²) in [4.78, 5) is 7.91. The first kappa shape index (κ1) is 10.6. The molecule has 2 heterocycles. The number of aromatic nitrogens is 4. The zero-order valence-corrected chi connectivity index (χ0v) is 9.25. The van der Waals surface area contributed by atoms with E-state index in [1.807, 2.05) is 19.9 Å². The maximum Gasteiger partial charge on any atom is 0.115 e. The molecule has 1 atom stereocenters. The lowest BCUT2D eigenvalue weighted by Crippen LogP contribution is -2.15. The highest BCUT2D eigenvalue weighted by Gasteiger charge is 2.13. The van der Waals surface area contributed by atoms with Crippen LogP contribution in [0.5, 0.6) is 0 Å². The third kappa shape index (κ3) is 2.04. The molecule has 16 heavy (non-hydrogen) atoms. The van der Waals surface area contributed by atoms with Crippen molar-refractivity contribution in [3.05, 3.63) is 47.3 Å². The Morgan fingerprint density at radius 1 is 1.12 bits per heavy atom. The van der Waals surface area contributed by atoms with E-state index in [0.29, 0.717) is 0 Å². The molecule has 5 nitrogen and oxygen atoms in total. The SMILES string of the molecule is Cc1cc(C(N)c2cncnc2)c(C)nn1. The summed E-state index contributed by atoms with van der Waals surface area (Å²) in [7, 11) is 0. The minimum atomic E-state index is -0.254. The zero-order valence-electron chi connectivity index (χ0n) is 9.25. The first-order chi connectivity index (χ1) is 7.68. The molecule has 5 heteroatoms. The smallest absolute Gasteiger partial charge is 0.115 e. The van der Waals surface area contributed by atoms with Gasteiger partial charge in [0.2, 0.25) is 0 Å². The third-order valence-electron chi connectivity index (χ3n) is 2.41. The van der Waals surface area contributed by atoms with Gasteiger partial charge in [-0.05, 0) is 25.5 Å². The van der Waals surface area contributed by atoms with Gasteiger partial charge in [0.1, 0.15) is 6.33 Å². The fourth-order valence-electron chi connectivity index (χ4n) is 1.54. The standard InChI is InChI=1S/C11H13N5/c1-7-3-10(8(2)16-15-7)11(12)9-4-13-6-14-5-9/h3-6,11H,12H2,1-2H3. The molecule has 0 aromatic carbocycles. The highest BCUT2D eigenvalue weighted by molar-refractivity contribution is 5.31. The van der Waals surface area contributed by atoms with E-state index in [9.17, 15) is 0 Å². The zero-order chi connectivity index (χ0) is 11.5. The molecule has 2 aromatic rings. The molecule has 82 valence electrons. The molecule has 0 saturated heterocycles. The van der Waals surface area contributed by atoms with Crippen LogP contribution >= 0.6 is 0 Å². The Labute approximate surface area is 93.8 Å². The van der Waals surface area contributed by atoms with Gasteiger partial charge in [0.15, 0.2) is 0 Å². The van der Waals surface area contributed by atoms with Crippen molar-refractivity contribution in [3.8, 4) is 0 Å². The summed E-state index contributed by atoms with van der Waals surface area (Å²) in [5.41, 5.74) is 9.66. The van der Waals surface area contributed by atoms with Gasteiger partial charge in [-0.15, -0.1) is 0 Å². The first-order valence-electron chi connectivity index (χ1n) is 5.00. The van der Waals surface area contributed by atoms with E-state index in [0.717, 1.165) is 22.5 Å². The molecule has 2 aromatic heterocycles. The van der Waals surface area contributed by atoms with E-state index in [-0.39, 0.29) is 6.04 Å². The van der Waals surface area contributed by atoms with Crippen molar-refractivity contribution in [3.63, 3.8) is 0 Å². The largest absolute Gasteiger partial charge is 0.320 e. The van der Waals surface area contributed by atoms with Crippen LogP contribution in [0, 0.1) is 13.8 Å². The second-order valence-electron chi connectivity index (χ2n) is 3.68. The molecule has 0 amide bonds. The summed E-state index contributed by atoms with van der Waals surface area (Å²) in [6, 6.07) is 1.69. The predicted molar refractivity (Wildman–Crippen MR) is 59.6 cm³/mol. The Morgan fingerprint density at radius 3 is 2.50 bits per heavy atom. The van der Waals surface area contributed by atoms with Crippen LogP contribution in [0.1, 0.15) is 28.6 Å². The Morgan fingerprint density at radius 2 is 1.81 bits per heavy atom. The van der Waals surface area contributed by atoms with Gasteiger partial charge >= 0.3 is 0 Å². The number of rotatable bonds is 2. The molecule has 0 fully saturated rings. The fraction of sp³-hybridized carbons (Fsp3) is 0.273. The third-order valence-corrected chi connectivity index (χ3v) is 2.41. The summed E-state index contributed by atoms with van der Waals surface area (Å²) in [5.74, 6) is 0. The van der Waals surface area contributed by atoms with Crippen LogP contribution in [-0.2, 0) is 0 Å². The van der Waals surface area contributed by atoms with Gasteiger partial charge in [-0.3, -0.25) is 0 Å². The quantitative estimate of drug-likeness (QED) is 0.806. The van der Waals surface area contributed by atoms with Crippen LogP contribution in [0.3, 0.4) is 0 Å². The average molecular weight is 215 g/mol. The Kier molecular flexibility index (Phi) is 2.87. The van der Waals surface area contributed by atoms with Crippen LogP contribution < -0.4 is 5.73 Å². The van der Waals surface area contributed by atoms with Crippen LogP contribution in [-0.4, -0.2) is 20.2 Å². The summed E-state index contributed by atoms with van der Waals surface area (Å²) < 4.78 is 0. The minimum Gasteiger partial charge on any atom is -0.320 e. The lowest BCUT2D eigenvalue weighted by Gasteiger charge is -2.13. The van der Waals surface area contributed by atoms with E-state index >= 15 is 0 Å². The maximum atomic E-state index is 6.14. The predicted octanol–water partition coefficient (Wildman–Crippen LogP) is 0.932. The highest BCUT2D eigenvalue weighted by Crippen LogP contribution is 2.20. The molecular weight excluding hydrogens is 202 g/mol. The second kappa shape index (κ2) is 4.32. The lowest BCUT2D eigenvalue weighted by molar-refractivity contribution is 0.802. The van der Waals surface area contributed by atoms with Crippen molar-refractivity contribution in [1.29, 1.82) is 0 Å². The van der Waals surface area contributed by atoms with Gasteiger partial charge in [0, 0.05) is 18.0 Å². The Balaban J connectivity index is 2.41. The number of hydrogen-bond acceptors (Lipinski definition) is 5. The van der Waals surface area contributed by atoms with Crippen LogP contribution in [0.25, 0.3) is 0 Å². The molecule has 0 aliphatic carbocycles. The molecule has 0 aliphatic rings. The molecule has 0 bridgehead atoms. The average Bonchev–Trinajstić information content (AvgIpc) is 2.32. The number of nitrogens with zero attached hydrogens (tertiary/aromatic N) is 4. The van der Waals surface area contributed by atoms with E-state index in [4.69, 9.17) is 5.73 Å². The van der Waals surface area contributed by atoms with Gasteiger partial charge in [-0.2, -0.15) is 10.2 Å². The molecule has 2 N–H and O–H groups in total. The molecule has 2 rings (SSSR count). The van der Waals surface area contributed by atoms with Crippen molar-refractivity contribution in [1.82, 2.24) is 20.2 Å². The van der Waals surface area contributed by atoms with Crippen molar-refractivity contribution < 1.29 is 0 Å². The molecule has 0 aliphatic heterocycles. The summed E-state index contributed by atoms with van der Waals surface area (Å²) in [6.07, 6.45) is 4.92. The van der Waals surface area contributed by atoms with E-state index < -0.39 is 0 Å². The summed E-state index contributed by atoms with van der Waals surface area (Å²) in [5, 5.41) is 8.03. The Bertz CT molecular complexity index is 483. The van der Waals surface area contributed by atoms with Gasteiger partial charge in [-0.25, -0.2) is 9.97 Å². The minimum absolute atomic E-state index is 0.254. The molecular formula is C11H13N5. The second-order valence-corrected chi connectivity index (χ2v) is 3.68. The van der Waals surface area contributed by atoms with E-state index in [1.165, 1.54) is 6.33 Å². The molecule has 0 spiro atoms. The van der Waals surface area contributed by atoms with Crippen molar-refractivity contribution >= 4 is 0 Å². The van der Waals surface area contributed by atoms with E-state index in [2.05, 4.69) is 20.2 Å². The van der Waals surface area contributed by atoms with Gasteiger partial charge in [-0.1, -0.05) is 0 Å².